The predicted molar refractivity (Wildman–Crippen MR) is 74.0 cm³/mol. The van der Waals surface area contributed by atoms with E-state index in [1.807, 2.05) is 0 Å². The normalized spacial score (nSPS) is 21.0. The first kappa shape index (κ1) is 17.8. The molecule has 1 aliphatic carbocycles. The number of carbonyl (C=O) groups is 1. The number of aromatic nitrogens is 1. The molecule has 0 aliphatic heterocycles. The number of thioether (sulfide) groups is 1. The van der Waals surface area contributed by atoms with E-state index in [1.165, 1.54) is 12.3 Å². The second kappa shape index (κ2) is 7.33. The Morgan fingerprint density at radius 2 is 2.09 bits per heavy atom. The number of urea groups is 1. The number of hydrogen-bond acceptors (Lipinski definition) is 3. The summed E-state index contributed by atoms with van der Waals surface area (Å²) in [5.41, 5.74) is 0.570. The average molecular weight is 355 g/mol. The molecule has 4 nitrogen and oxygen atoms in total. The van der Waals surface area contributed by atoms with E-state index in [2.05, 4.69) is 15.6 Å². The minimum absolute atomic E-state index is 0.0700. The molecule has 0 spiro atoms. The lowest BCUT2D eigenvalue weighted by atomic mass is 9.80. The van der Waals surface area contributed by atoms with E-state index in [9.17, 15) is 26.7 Å². The van der Waals surface area contributed by atoms with Gasteiger partial charge in [0.1, 0.15) is 5.03 Å². The van der Waals surface area contributed by atoms with Gasteiger partial charge in [0.2, 0.25) is 0 Å². The number of alkyl halides is 5. The van der Waals surface area contributed by atoms with E-state index in [0.717, 1.165) is 0 Å². The topological polar surface area (TPSA) is 54.0 Å². The second-order valence-corrected chi connectivity index (χ2v) is 6.13. The second-order valence-electron chi connectivity index (χ2n) is 5.11. The lowest BCUT2D eigenvalue weighted by molar-refractivity contribution is -0.198. The smallest absolute Gasteiger partial charge is 0.335 e. The van der Waals surface area contributed by atoms with E-state index in [1.54, 1.807) is 6.07 Å². The van der Waals surface area contributed by atoms with Crippen LogP contribution in [0.3, 0.4) is 0 Å². The number of nitrogens with one attached hydrogen (secondary N) is 2. The highest BCUT2D eigenvalue weighted by molar-refractivity contribution is 7.99. The molecule has 128 valence electrons. The Morgan fingerprint density at radius 1 is 1.39 bits per heavy atom. The van der Waals surface area contributed by atoms with E-state index in [4.69, 9.17) is 0 Å². The molecule has 23 heavy (non-hydrogen) atoms. The number of halogens is 5. The monoisotopic (exact) mass is 355 g/mol. The number of rotatable bonds is 5. The van der Waals surface area contributed by atoms with Crippen LogP contribution in [-0.2, 0) is 6.54 Å². The third-order valence-corrected chi connectivity index (χ3v) is 4.04. The molecule has 0 atom stereocenters. The molecule has 2 N–H and O–H groups in total. The summed E-state index contributed by atoms with van der Waals surface area (Å²) in [6, 6.07) is 1.89. The van der Waals surface area contributed by atoms with E-state index in [-0.39, 0.29) is 24.4 Å². The summed E-state index contributed by atoms with van der Waals surface area (Å²) in [5.74, 6) is -3.95. The van der Waals surface area contributed by atoms with Gasteiger partial charge in [-0.3, -0.25) is 0 Å². The number of carbonyl (C=O) groups excluding carboxylic acids is 1. The highest BCUT2D eigenvalue weighted by Crippen LogP contribution is 2.40. The summed E-state index contributed by atoms with van der Waals surface area (Å²) in [6.07, 6.45) is -3.12. The minimum atomic E-state index is -4.22. The molecular formula is C13H14F5N3OS. The average Bonchev–Trinajstić information content (AvgIpc) is 2.38. The van der Waals surface area contributed by atoms with Gasteiger partial charge in [0.15, 0.2) is 0 Å². The highest BCUT2D eigenvalue weighted by atomic mass is 32.2. The van der Waals surface area contributed by atoms with Gasteiger partial charge in [0.05, 0.1) is 5.92 Å². The number of nitrogens with zero attached hydrogens (tertiary/aromatic N) is 1. The molecule has 1 aromatic rings. The predicted octanol–water partition coefficient (Wildman–Crippen LogP) is 3.54. The van der Waals surface area contributed by atoms with Crippen LogP contribution in [0.15, 0.2) is 23.4 Å². The Balaban J connectivity index is 1.73. The van der Waals surface area contributed by atoms with Crippen LogP contribution in [0.5, 0.6) is 0 Å². The molecule has 1 aromatic heterocycles. The molecule has 0 bridgehead atoms. The van der Waals surface area contributed by atoms with Crippen molar-refractivity contribution in [1.82, 2.24) is 15.6 Å². The standard InChI is InChI=1S/C13H14F5N3OS/c14-11(15)23-10-3-7(1-2-19-10)6-20-12(22)21-9-4-8(5-9)13(16,17)18/h1-3,8-9,11H,4-6H2,(H2,20,21,22)/t8-,9-. The highest BCUT2D eigenvalue weighted by Gasteiger charge is 2.48. The molecule has 0 saturated heterocycles. The Bertz CT molecular complexity index is 549. The van der Waals surface area contributed by atoms with E-state index < -0.39 is 29.9 Å². The Labute approximate surface area is 133 Å². The fourth-order valence-corrected chi connectivity index (χ4v) is 2.66. The van der Waals surface area contributed by atoms with Gasteiger partial charge in [-0.2, -0.15) is 22.0 Å². The van der Waals surface area contributed by atoms with E-state index >= 15 is 0 Å². The van der Waals surface area contributed by atoms with Crippen LogP contribution >= 0.6 is 11.8 Å². The van der Waals surface area contributed by atoms with Crippen LogP contribution in [0.1, 0.15) is 18.4 Å². The van der Waals surface area contributed by atoms with Crippen molar-refractivity contribution < 1.29 is 26.7 Å². The van der Waals surface area contributed by atoms with Crippen molar-refractivity contribution in [2.45, 2.75) is 42.4 Å². The van der Waals surface area contributed by atoms with Crippen molar-refractivity contribution >= 4 is 17.8 Å². The Morgan fingerprint density at radius 3 is 2.70 bits per heavy atom. The molecular weight excluding hydrogens is 341 g/mol. The van der Waals surface area contributed by atoms with Crippen LogP contribution < -0.4 is 10.6 Å². The fourth-order valence-electron chi connectivity index (χ4n) is 2.14. The SMILES string of the molecule is O=C(NCc1ccnc(SC(F)F)c1)N[C@H]1C[C@H](C(F)(F)F)C1. The molecule has 1 fully saturated rings. The van der Waals surface area contributed by atoms with Gasteiger partial charge >= 0.3 is 12.2 Å². The fraction of sp³-hybridized carbons (Fsp3) is 0.538. The summed E-state index contributed by atoms with van der Waals surface area (Å²) in [4.78, 5) is 15.4. The van der Waals surface area contributed by atoms with Crippen molar-refractivity contribution in [1.29, 1.82) is 0 Å². The number of amides is 2. The summed E-state index contributed by atoms with van der Waals surface area (Å²) in [5, 5.41) is 5.05. The summed E-state index contributed by atoms with van der Waals surface area (Å²) < 4.78 is 61.4. The number of pyridine rings is 1. The maximum Gasteiger partial charge on any atom is 0.391 e. The third-order valence-electron chi connectivity index (χ3n) is 3.40. The molecule has 0 unspecified atom stereocenters. The lowest BCUT2D eigenvalue weighted by Gasteiger charge is -2.36. The summed E-state index contributed by atoms with van der Waals surface area (Å²) in [6.45, 7) is 0.0700. The molecule has 1 aliphatic rings. The van der Waals surface area contributed by atoms with Crippen LogP contribution in [0.2, 0.25) is 0 Å². The molecule has 0 aromatic carbocycles. The zero-order valence-corrected chi connectivity index (χ0v) is 12.6. The summed E-state index contributed by atoms with van der Waals surface area (Å²) >= 11 is 0.293. The molecule has 1 heterocycles. The van der Waals surface area contributed by atoms with Gasteiger partial charge in [-0.1, -0.05) is 0 Å². The van der Waals surface area contributed by atoms with Gasteiger partial charge in [-0.25, -0.2) is 9.78 Å². The molecule has 2 rings (SSSR count). The molecule has 10 heteroatoms. The maximum absolute atomic E-state index is 12.3. The molecule has 2 amide bonds. The number of hydrogen-bond donors (Lipinski definition) is 2. The zero-order valence-electron chi connectivity index (χ0n) is 11.7. The van der Waals surface area contributed by atoms with Crippen molar-refractivity contribution in [2.24, 2.45) is 5.92 Å². The van der Waals surface area contributed by atoms with Crippen LogP contribution in [-0.4, -0.2) is 29.0 Å². The van der Waals surface area contributed by atoms with Gasteiger partial charge in [0, 0.05) is 18.8 Å². The first-order chi connectivity index (χ1) is 10.7. The van der Waals surface area contributed by atoms with Crippen LogP contribution in [0.25, 0.3) is 0 Å². The van der Waals surface area contributed by atoms with Gasteiger partial charge < -0.3 is 10.6 Å². The zero-order chi connectivity index (χ0) is 17.0. The van der Waals surface area contributed by atoms with Crippen LogP contribution in [0, 0.1) is 5.92 Å². The Kier molecular flexibility index (Phi) is 5.66. The lowest BCUT2D eigenvalue weighted by Crippen LogP contribution is -2.51. The van der Waals surface area contributed by atoms with E-state index in [0.29, 0.717) is 17.3 Å². The van der Waals surface area contributed by atoms with Gasteiger partial charge in [-0.15, -0.1) is 0 Å². The van der Waals surface area contributed by atoms with Crippen molar-refractivity contribution in [2.75, 3.05) is 0 Å². The quantitative estimate of drug-likeness (QED) is 0.628. The molecule has 1 saturated carbocycles. The summed E-state index contributed by atoms with van der Waals surface area (Å²) in [7, 11) is 0. The van der Waals surface area contributed by atoms with Crippen molar-refractivity contribution in [3.05, 3.63) is 23.9 Å². The minimum Gasteiger partial charge on any atom is -0.335 e. The maximum atomic E-state index is 12.3. The Hall–Kier alpha value is -1.58. The molecule has 0 radical (unpaired) electrons. The first-order valence-corrected chi connectivity index (χ1v) is 7.63. The first-order valence-electron chi connectivity index (χ1n) is 6.75. The van der Waals surface area contributed by atoms with Gasteiger partial charge in [0.25, 0.3) is 5.76 Å². The van der Waals surface area contributed by atoms with Crippen molar-refractivity contribution in [3.8, 4) is 0 Å². The van der Waals surface area contributed by atoms with Crippen molar-refractivity contribution in [3.63, 3.8) is 0 Å². The third kappa shape index (κ3) is 5.52. The van der Waals surface area contributed by atoms with Gasteiger partial charge in [-0.05, 0) is 42.3 Å². The van der Waals surface area contributed by atoms with Crippen LogP contribution in [0.4, 0.5) is 26.7 Å². The largest absolute Gasteiger partial charge is 0.391 e.